The van der Waals surface area contributed by atoms with E-state index in [1.54, 1.807) is 6.07 Å². The van der Waals surface area contributed by atoms with Crippen molar-refractivity contribution in [3.8, 4) is 0 Å². The van der Waals surface area contributed by atoms with Gasteiger partial charge in [0.15, 0.2) is 0 Å². The molecule has 1 nitrogen and oxygen atoms in total. The normalized spacial score (nSPS) is 24.2. The molecule has 1 aliphatic carbocycles. The third kappa shape index (κ3) is 3.55. The summed E-state index contributed by atoms with van der Waals surface area (Å²) in [6.07, 6.45) is 6.23. The van der Waals surface area contributed by atoms with Crippen molar-refractivity contribution in [2.24, 2.45) is 11.8 Å². The molecule has 100 valence electrons. The van der Waals surface area contributed by atoms with Gasteiger partial charge >= 0.3 is 0 Å². The minimum absolute atomic E-state index is 0.130. The number of halogens is 2. The van der Waals surface area contributed by atoms with E-state index in [1.165, 1.54) is 31.7 Å². The lowest BCUT2D eigenvalue weighted by Gasteiger charge is -2.31. The zero-order valence-electron chi connectivity index (χ0n) is 10.9. The lowest BCUT2D eigenvalue weighted by molar-refractivity contribution is 0.232. The first kappa shape index (κ1) is 14.0. The zero-order chi connectivity index (χ0) is 13.0. The van der Waals surface area contributed by atoms with Crippen LogP contribution in [0.2, 0.25) is 0 Å². The minimum atomic E-state index is -0.130. The summed E-state index contributed by atoms with van der Waals surface area (Å²) in [5.74, 6) is 1.29. The van der Waals surface area contributed by atoms with Crippen LogP contribution < -0.4 is 5.32 Å². The average molecular weight is 314 g/mol. The fourth-order valence-electron chi connectivity index (χ4n) is 3.07. The molecule has 0 bridgehead atoms. The van der Waals surface area contributed by atoms with Gasteiger partial charge in [0.05, 0.1) is 0 Å². The van der Waals surface area contributed by atoms with E-state index in [9.17, 15) is 4.39 Å². The van der Waals surface area contributed by atoms with Gasteiger partial charge in [-0.05, 0) is 68.5 Å². The van der Waals surface area contributed by atoms with Gasteiger partial charge in [0.25, 0.3) is 0 Å². The molecular weight excluding hydrogens is 293 g/mol. The molecule has 0 spiro atoms. The van der Waals surface area contributed by atoms with E-state index >= 15 is 0 Å². The van der Waals surface area contributed by atoms with E-state index in [0.717, 1.165) is 28.9 Å². The molecule has 1 N–H and O–H groups in total. The molecule has 0 heterocycles. The maximum Gasteiger partial charge on any atom is 0.123 e. The molecule has 1 aromatic rings. The highest BCUT2D eigenvalue weighted by Crippen LogP contribution is 2.33. The Hall–Kier alpha value is -0.410. The first-order chi connectivity index (χ1) is 8.70. The SMILES string of the molecule is CNCC1CCCCC1Cc1cc(F)ccc1Br. The molecule has 2 rings (SSSR count). The molecule has 1 saturated carbocycles. The maximum absolute atomic E-state index is 13.3. The Labute approximate surface area is 117 Å². The maximum atomic E-state index is 13.3. The molecule has 0 aromatic heterocycles. The quantitative estimate of drug-likeness (QED) is 0.880. The highest BCUT2D eigenvalue weighted by atomic mass is 79.9. The standard InChI is InChI=1S/C15H21BrFN/c1-18-10-12-5-3-2-4-11(12)8-13-9-14(17)6-7-15(13)16/h6-7,9,11-12,18H,2-5,8,10H2,1H3. The summed E-state index contributed by atoms with van der Waals surface area (Å²) in [6.45, 7) is 1.08. The van der Waals surface area contributed by atoms with E-state index < -0.39 is 0 Å². The Morgan fingerprint density at radius 1 is 1.28 bits per heavy atom. The molecular formula is C15H21BrFN. The summed E-state index contributed by atoms with van der Waals surface area (Å²) in [6, 6.07) is 5.01. The van der Waals surface area contributed by atoms with Crippen LogP contribution >= 0.6 is 15.9 Å². The smallest absolute Gasteiger partial charge is 0.123 e. The van der Waals surface area contributed by atoms with Crippen molar-refractivity contribution in [3.05, 3.63) is 34.1 Å². The zero-order valence-corrected chi connectivity index (χ0v) is 12.5. The van der Waals surface area contributed by atoms with Crippen molar-refractivity contribution < 1.29 is 4.39 Å². The monoisotopic (exact) mass is 313 g/mol. The second kappa shape index (κ2) is 6.67. The van der Waals surface area contributed by atoms with E-state index in [2.05, 4.69) is 21.2 Å². The Balaban J connectivity index is 2.08. The Kier molecular flexibility index (Phi) is 5.19. The third-order valence-corrected chi connectivity index (χ3v) is 4.80. The molecule has 0 radical (unpaired) electrons. The van der Waals surface area contributed by atoms with E-state index in [4.69, 9.17) is 0 Å². The molecule has 2 atom stereocenters. The Bertz CT molecular complexity index is 392. The summed E-state index contributed by atoms with van der Waals surface area (Å²) in [4.78, 5) is 0. The number of hydrogen-bond acceptors (Lipinski definition) is 1. The second-order valence-corrected chi connectivity index (χ2v) is 6.16. The summed E-state index contributed by atoms with van der Waals surface area (Å²) in [7, 11) is 2.02. The largest absolute Gasteiger partial charge is 0.319 e. The van der Waals surface area contributed by atoms with E-state index in [1.807, 2.05) is 13.1 Å². The van der Waals surface area contributed by atoms with Gasteiger partial charge in [-0.1, -0.05) is 28.8 Å². The first-order valence-corrected chi connectivity index (χ1v) is 7.58. The average Bonchev–Trinajstić information content (AvgIpc) is 2.36. The van der Waals surface area contributed by atoms with Crippen molar-refractivity contribution >= 4 is 15.9 Å². The van der Waals surface area contributed by atoms with Crippen LogP contribution in [0, 0.1) is 17.7 Å². The van der Waals surface area contributed by atoms with Gasteiger partial charge in [-0.3, -0.25) is 0 Å². The van der Waals surface area contributed by atoms with E-state index in [0.29, 0.717) is 5.92 Å². The third-order valence-electron chi connectivity index (χ3n) is 4.02. The summed E-state index contributed by atoms with van der Waals surface area (Å²) < 4.78 is 14.4. The second-order valence-electron chi connectivity index (χ2n) is 5.30. The highest BCUT2D eigenvalue weighted by Gasteiger charge is 2.25. The molecule has 0 saturated heterocycles. The molecule has 3 heteroatoms. The van der Waals surface area contributed by atoms with Gasteiger partial charge < -0.3 is 5.32 Å². The van der Waals surface area contributed by atoms with Gasteiger partial charge in [-0.15, -0.1) is 0 Å². The number of benzene rings is 1. The van der Waals surface area contributed by atoms with Gasteiger partial charge in [0.2, 0.25) is 0 Å². The van der Waals surface area contributed by atoms with Crippen molar-refractivity contribution in [1.29, 1.82) is 0 Å². The van der Waals surface area contributed by atoms with Gasteiger partial charge in [0.1, 0.15) is 5.82 Å². The first-order valence-electron chi connectivity index (χ1n) is 6.79. The molecule has 0 aliphatic heterocycles. The Morgan fingerprint density at radius 2 is 2.00 bits per heavy atom. The molecule has 1 aliphatic rings. The van der Waals surface area contributed by atoms with Crippen molar-refractivity contribution in [2.75, 3.05) is 13.6 Å². The topological polar surface area (TPSA) is 12.0 Å². The van der Waals surface area contributed by atoms with Crippen molar-refractivity contribution in [2.45, 2.75) is 32.1 Å². The van der Waals surface area contributed by atoms with Crippen LogP contribution in [0.25, 0.3) is 0 Å². The number of rotatable bonds is 4. The lowest BCUT2D eigenvalue weighted by atomic mass is 9.76. The van der Waals surface area contributed by atoms with Gasteiger partial charge in [-0.2, -0.15) is 0 Å². The summed E-state index contributed by atoms with van der Waals surface area (Å²) in [5, 5.41) is 3.29. The minimum Gasteiger partial charge on any atom is -0.319 e. The fraction of sp³-hybridized carbons (Fsp3) is 0.600. The van der Waals surface area contributed by atoms with Gasteiger partial charge in [-0.25, -0.2) is 4.39 Å². The number of hydrogen-bond donors (Lipinski definition) is 1. The summed E-state index contributed by atoms with van der Waals surface area (Å²) >= 11 is 3.53. The summed E-state index contributed by atoms with van der Waals surface area (Å²) in [5.41, 5.74) is 1.11. The van der Waals surface area contributed by atoms with Crippen LogP contribution in [0.3, 0.4) is 0 Å². The fourth-order valence-corrected chi connectivity index (χ4v) is 3.47. The highest BCUT2D eigenvalue weighted by molar-refractivity contribution is 9.10. The van der Waals surface area contributed by atoms with Crippen molar-refractivity contribution in [3.63, 3.8) is 0 Å². The molecule has 1 fully saturated rings. The van der Waals surface area contributed by atoms with E-state index in [-0.39, 0.29) is 5.82 Å². The van der Waals surface area contributed by atoms with Crippen molar-refractivity contribution in [1.82, 2.24) is 5.32 Å². The predicted octanol–water partition coefficient (Wildman–Crippen LogP) is 4.16. The predicted molar refractivity (Wildman–Crippen MR) is 77.2 cm³/mol. The van der Waals surface area contributed by atoms with Crippen LogP contribution in [-0.4, -0.2) is 13.6 Å². The van der Waals surface area contributed by atoms with Crippen LogP contribution in [0.4, 0.5) is 4.39 Å². The molecule has 18 heavy (non-hydrogen) atoms. The molecule has 1 aromatic carbocycles. The molecule has 2 unspecified atom stereocenters. The molecule has 0 amide bonds. The number of nitrogens with one attached hydrogen (secondary N) is 1. The lowest BCUT2D eigenvalue weighted by Crippen LogP contribution is -2.30. The van der Waals surface area contributed by atoms with Crippen LogP contribution in [-0.2, 0) is 6.42 Å². The van der Waals surface area contributed by atoms with Gasteiger partial charge in [0, 0.05) is 4.47 Å². The van der Waals surface area contributed by atoms with Crippen LogP contribution in [0.15, 0.2) is 22.7 Å². The van der Waals surface area contributed by atoms with Crippen LogP contribution in [0.1, 0.15) is 31.2 Å². The Morgan fingerprint density at radius 3 is 2.72 bits per heavy atom. The van der Waals surface area contributed by atoms with Crippen LogP contribution in [0.5, 0.6) is 0 Å².